The monoisotopic (exact) mass is 549 g/mol. The van der Waals surface area contributed by atoms with E-state index in [1.54, 1.807) is 18.2 Å². The lowest BCUT2D eigenvalue weighted by molar-refractivity contribution is -0.137. The van der Waals surface area contributed by atoms with Crippen LogP contribution in [0, 0.1) is 17.8 Å². The number of phenolic OH excluding ortho intramolecular Hbond substituents is 1. The van der Waals surface area contributed by atoms with Gasteiger partial charge >= 0.3 is 6.18 Å². The number of carbonyl (C=O) groups excluding carboxylic acids is 3. The van der Waals surface area contributed by atoms with Crippen LogP contribution in [0.2, 0.25) is 0 Å². The molecule has 0 fully saturated rings. The minimum Gasteiger partial charge on any atom is -0.511 e. The molecule has 40 heavy (non-hydrogen) atoms. The Morgan fingerprint density at radius 1 is 0.950 bits per heavy atom. The molecule has 10 heteroatoms. The average Bonchev–Trinajstić information content (AvgIpc) is 2.87. The number of fused-ring (bicyclic) bond motifs is 4. The number of aromatic hydroxyl groups is 1. The van der Waals surface area contributed by atoms with Gasteiger partial charge in [0.1, 0.15) is 22.8 Å². The third-order valence-electron chi connectivity index (χ3n) is 8.21. The Bertz CT molecular complexity index is 1740. The summed E-state index contributed by atoms with van der Waals surface area (Å²) in [6, 6.07) is 11.3. The number of ketones is 2. The summed E-state index contributed by atoms with van der Waals surface area (Å²) in [6.45, 7) is 0. The maximum absolute atomic E-state index is 13.7. The summed E-state index contributed by atoms with van der Waals surface area (Å²) in [5.41, 5.74) is 4.97. The van der Waals surface area contributed by atoms with Crippen LogP contribution in [0.4, 0.5) is 13.2 Å². The fourth-order valence-corrected chi connectivity index (χ4v) is 6.46. The van der Waals surface area contributed by atoms with Gasteiger partial charge in [-0.15, -0.1) is 0 Å². The van der Waals surface area contributed by atoms with Gasteiger partial charge in [-0.1, -0.05) is 30.3 Å². The molecule has 3 aliphatic rings. The number of halogens is 3. The van der Waals surface area contributed by atoms with Crippen LogP contribution in [0.5, 0.6) is 5.75 Å². The molecular formula is C30H22F3NO6. The zero-order valence-electron chi connectivity index (χ0n) is 20.7. The molecular weight excluding hydrogens is 527 g/mol. The van der Waals surface area contributed by atoms with E-state index in [9.17, 15) is 42.9 Å². The summed E-state index contributed by atoms with van der Waals surface area (Å²) in [6.07, 6.45) is -4.03. The van der Waals surface area contributed by atoms with Crippen molar-refractivity contribution in [3.63, 3.8) is 0 Å². The number of aliphatic hydroxyl groups excluding tert-OH is 2. The van der Waals surface area contributed by atoms with Crippen LogP contribution in [0.1, 0.15) is 34.3 Å². The Labute approximate surface area is 225 Å². The van der Waals surface area contributed by atoms with Crippen LogP contribution in [0.3, 0.4) is 0 Å². The summed E-state index contributed by atoms with van der Waals surface area (Å²) < 4.78 is 39.7. The molecule has 0 aromatic heterocycles. The van der Waals surface area contributed by atoms with Crippen molar-refractivity contribution in [3.05, 3.63) is 87.9 Å². The molecule has 0 heterocycles. The molecule has 2 unspecified atom stereocenters. The largest absolute Gasteiger partial charge is 0.511 e. The number of hydrogen-bond donors (Lipinski definition) is 4. The highest BCUT2D eigenvalue weighted by Crippen LogP contribution is 2.50. The smallest absolute Gasteiger partial charge is 0.416 e. The highest BCUT2D eigenvalue weighted by atomic mass is 19.4. The summed E-state index contributed by atoms with van der Waals surface area (Å²) >= 11 is 0. The van der Waals surface area contributed by atoms with Crippen LogP contribution in [0.15, 0.2) is 71.2 Å². The van der Waals surface area contributed by atoms with Gasteiger partial charge in [-0.05, 0) is 65.0 Å². The first kappa shape index (κ1) is 25.7. The molecule has 6 rings (SSSR count). The Balaban J connectivity index is 1.45. The van der Waals surface area contributed by atoms with E-state index in [-0.39, 0.29) is 47.1 Å². The number of allylic oxidation sites excluding steroid dienone is 3. The SMILES string of the molecule is NC(=O)C1=C(O)CC2C[C@@H]3Cc4cc5ccc(-c6cccc(C(F)(F)F)c6)cc5c(O)c4C(=O)C3=C(O)C2C1=O. The van der Waals surface area contributed by atoms with Gasteiger partial charge in [-0.3, -0.25) is 14.4 Å². The van der Waals surface area contributed by atoms with Gasteiger partial charge < -0.3 is 21.1 Å². The van der Waals surface area contributed by atoms with E-state index in [0.29, 0.717) is 16.5 Å². The quantitative estimate of drug-likeness (QED) is 0.320. The van der Waals surface area contributed by atoms with Crippen molar-refractivity contribution in [2.75, 3.05) is 0 Å². The first-order valence-corrected chi connectivity index (χ1v) is 12.6. The number of carbonyl (C=O) groups is 3. The van der Waals surface area contributed by atoms with E-state index >= 15 is 0 Å². The molecule has 5 N–H and O–H groups in total. The Morgan fingerprint density at radius 3 is 2.38 bits per heavy atom. The van der Waals surface area contributed by atoms with Crippen molar-refractivity contribution in [3.8, 4) is 16.9 Å². The van der Waals surface area contributed by atoms with Crippen LogP contribution >= 0.6 is 0 Å². The van der Waals surface area contributed by atoms with E-state index in [0.717, 1.165) is 12.1 Å². The third kappa shape index (κ3) is 3.77. The van der Waals surface area contributed by atoms with E-state index in [4.69, 9.17) is 5.73 Å². The molecule has 204 valence electrons. The fraction of sp³-hybridized carbons (Fsp3) is 0.233. The Kier molecular flexibility index (Phi) is 5.58. The number of aliphatic hydroxyl groups is 2. The summed E-state index contributed by atoms with van der Waals surface area (Å²) in [5, 5.41) is 33.5. The zero-order chi connectivity index (χ0) is 28.7. The number of amides is 1. The van der Waals surface area contributed by atoms with Gasteiger partial charge in [0.15, 0.2) is 11.6 Å². The molecule has 3 aromatic carbocycles. The maximum atomic E-state index is 13.7. The second-order valence-electron chi connectivity index (χ2n) is 10.5. The van der Waals surface area contributed by atoms with Crippen molar-refractivity contribution < 1.29 is 42.9 Å². The van der Waals surface area contributed by atoms with Gasteiger partial charge in [-0.2, -0.15) is 13.2 Å². The zero-order valence-corrected chi connectivity index (χ0v) is 20.7. The lowest BCUT2D eigenvalue weighted by atomic mass is 9.62. The normalized spacial score (nSPS) is 22.7. The second-order valence-corrected chi connectivity index (χ2v) is 10.5. The average molecular weight is 550 g/mol. The number of nitrogens with two attached hydrogens (primary N) is 1. The minimum absolute atomic E-state index is 0.0315. The highest BCUT2D eigenvalue weighted by molar-refractivity contribution is 6.22. The molecule has 0 radical (unpaired) electrons. The standard InChI is InChI=1S/C30H22F3NO6/c31-30(32,33)18-3-1-2-12(9-18)13-4-5-14-6-15-7-16-8-17-11-20(35)24(29(34)40)28(39)23(17)27(38)22(16)26(37)21(15)25(36)19(14)10-13/h1-6,9-10,16-17,23,35-36,38H,7-8,11H2,(H2,34,40)/t16-,17?,23?/m0/s1. The minimum atomic E-state index is -4.53. The lowest BCUT2D eigenvalue weighted by Crippen LogP contribution is -2.43. The van der Waals surface area contributed by atoms with Crippen molar-refractivity contribution in [2.24, 2.45) is 23.5 Å². The Hall–Kier alpha value is -4.60. The predicted octanol–water partition coefficient (Wildman–Crippen LogP) is 5.30. The molecule has 3 aliphatic carbocycles. The van der Waals surface area contributed by atoms with Crippen LogP contribution in [-0.4, -0.2) is 32.8 Å². The molecule has 0 bridgehead atoms. The number of rotatable bonds is 2. The molecule has 0 saturated carbocycles. The van der Waals surface area contributed by atoms with Crippen LogP contribution in [-0.2, 0) is 22.2 Å². The maximum Gasteiger partial charge on any atom is 0.416 e. The molecule has 3 aromatic rings. The summed E-state index contributed by atoms with van der Waals surface area (Å²) in [5.74, 6) is -6.19. The summed E-state index contributed by atoms with van der Waals surface area (Å²) in [4.78, 5) is 38.5. The van der Waals surface area contributed by atoms with Crippen LogP contribution < -0.4 is 5.73 Å². The van der Waals surface area contributed by atoms with E-state index in [2.05, 4.69) is 0 Å². The van der Waals surface area contributed by atoms with Crippen molar-refractivity contribution >= 4 is 28.2 Å². The number of phenols is 1. The predicted molar refractivity (Wildman–Crippen MR) is 137 cm³/mol. The van der Waals surface area contributed by atoms with Gasteiger partial charge in [0.2, 0.25) is 0 Å². The molecule has 1 amide bonds. The lowest BCUT2D eigenvalue weighted by Gasteiger charge is -2.40. The molecule has 0 saturated heterocycles. The number of alkyl halides is 3. The van der Waals surface area contributed by atoms with Crippen LogP contribution in [0.25, 0.3) is 21.9 Å². The third-order valence-corrected chi connectivity index (χ3v) is 8.21. The van der Waals surface area contributed by atoms with E-state index < -0.39 is 64.1 Å². The van der Waals surface area contributed by atoms with Gasteiger partial charge in [-0.25, -0.2) is 0 Å². The molecule has 0 spiro atoms. The van der Waals surface area contributed by atoms with Crippen molar-refractivity contribution in [1.29, 1.82) is 0 Å². The fourth-order valence-electron chi connectivity index (χ4n) is 6.46. The second kappa shape index (κ2) is 8.70. The number of Topliss-reactive ketones (excluding diaryl/α,β-unsaturated/α-hetero) is 2. The van der Waals surface area contributed by atoms with E-state index in [1.165, 1.54) is 18.2 Å². The van der Waals surface area contributed by atoms with Crippen molar-refractivity contribution in [1.82, 2.24) is 0 Å². The number of benzene rings is 3. The highest BCUT2D eigenvalue weighted by Gasteiger charge is 2.50. The molecule has 0 aliphatic heterocycles. The van der Waals surface area contributed by atoms with E-state index in [1.807, 2.05) is 0 Å². The number of hydrogen-bond acceptors (Lipinski definition) is 6. The Morgan fingerprint density at radius 2 is 1.68 bits per heavy atom. The number of primary amides is 1. The molecule has 3 atom stereocenters. The summed E-state index contributed by atoms with van der Waals surface area (Å²) in [7, 11) is 0. The van der Waals surface area contributed by atoms with Gasteiger partial charge in [0.25, 0.3) is 5.91 Å². The van der Waals surface area contributed by atoms with Gasteiger partial charge in [0.05, 0.1) is 17.0 Å². The first-order chi connectivity index (χ1) is 18.9. The topological polar surface area (TPSA) is 138 Å². The van der Waals surface area contributed by atoms with Crippen molar-refractivity contribution in [2.45, 2.75) is 25.4 Å². The van der Waals surface area contributed by atoms with Gasteiger partial charge in [0, 0.05) is 17.4 Å². The molecule has 7 nitrogen and oxygen atoms in total. The first-order valence-electron chi connectivity index (χ1n) is 12.6.